The van der Waals surface area contributed by atoms with Gasteiger partial charge in [-0.2, -0.15) is 9.97 Å². The summed E-state index contributed by atoms with van der Waals surface area (Å²) in [5.41, 5.74) is 3.50. The number of urea groups is 1. The molecule has 0 aliphatic carbocycles. The van der Waals surface area contributed by atoms with Crippen LogP contribution in [-0.2, 0) is 14.2 Å². The lowest BCUT2D eigenvalue weighted by Gasteiger charge is -2.28. The lowest BCUT2D eigenvalue weighted by Crippen LogP contribution is -2.37. The van der Waals surface area contributed by atoms with Crippen LogP contribution in [0.15, 0.2) is 36.4 Å². The van der Waals surface area contributed by atoms with E-state index in [9.17, 15) is 15.0 Å². The largest absolute Gasteiger partial charge is 0.392 e. The molecule has 2 amide bonds. The Kier molecular flexibility index (Phi) is 19.6. The number of aryl methyl sites for hydroxylation is 1. The van der Waals surface area contributed by atoms with Gasteiger partial charge in [-0.05, 0) is 62.4 Å². The molecule has 0 radical (unpaired) electrons. The highest BCUT2D eigenvalue weighted by atomic mass is 35.5. The number of aromatic nitrogens is 6. The molecule has 0 unspecified atom stereocenters. The second kappa shape index (κ2) is 25.5. The molecule has 0 bridgehead atoms. The zero-order chi connectivity index (χ0) is 47.0. The summed E-state index contributed by atoms with van der Waals surface area (Å²) < 4.78 is 16.0. The number of likely N-dealkylation sites (tertiary alicyclic amines) is 1. The van der Waals surface area contributed by atoms with E-state index in [1.165, 1.54) is 0 Å². The van der Waals surface area contributed by atoms with Crippen molar-refractivity contribution in [3.8, 4) is 11.3 Å². The van der Waals surface area contributed by atoms with Gasteiger partial charge < -0.3 is 60.0 Å². The van der Waals surface area contributed by atoms with E-state index in [-0.39, 0.29) is 11.3 Å². The Labute approximate surface area is 401 Å². The van der Waals surface area contributed by atoms with E-state index in [0.717, 1.165) is 99.3 Å². The van der Waals surface area contributed by atoms with Gasteiger partial charge in [0.15, 0.2) is 0 Å². The van der Waals surface area contributed by atoms with Crippen LogP contribution in [0.2, 0.25) is 15.6 Å². The van der Waals surface area contributed by atoms with Crippen LogP contribution in [0.1, 0.15) is 39.2 Å². The Hall–Kier alpha value is -4.60. The summed E-state index contributed by atoms with van der Waals surface area (Å²) in [6.45, 7) is 18.8. The number of aliphatic hydroxyl groups excluding tert-OH is 2. The Balaban J connectivity index is 0.000000187. The second-order valence-electron chi connectivity index (χ2n) is 16.4. The summed E-state index contributed by atoms with van der Waals surface area (Å²) in [6.07, 6.45) is 1.21. The van der Waals surface area contributed by atoms with Crippen molar-refractivity contribution in [2.24, 2.45) is 5.92 Å². The molecule has 1 aromatic carbocycles. The molecule has 8 rings (SSSR count). The molecule has 3 atom stereocenters. The molecule has 360 valence electrons. The molecule has 4 aromatic rings. The number of amides is 2. The summed E-state index contributed by atoms with van der Waals surface area (Å²) >= 11 is 17.5. The third kappa shape index (κ3) is 15.8. The fourth-order valence-corrected chi connectivity index (χ4v) is 7.94. The minimum atomic E-state index is -0.516. The van der Waals surface area contributed by atoms with Crippen molar-refractivity contribution in [2.75, 3.05) is 136 Å². The highest BCUT2D eigenvalue weighted by Crippen LogP contribution is 2.30. The van der Waals surface area contributed by atoms with E-state index in [2.05, 4.69) is 57.6 Å². The Morgan fingerprint density at radius 3 is 1.91 bits per heavy atom. The lowest BCUT2D eigenvalue weighted by atomic mass is 10.0. The van der Waals surface area contributed by atoms with Gasteiger partial charge in [-0.15, -0.1) is 0 Å². The minimum absolute atomic E-state index is 0.0539. The van der Waals surface area contributed by atoms with Crippen LogP contribution in [0.4, 0.5) is 39.8 Å². The molecule has 4 aliphatic heterocycles. The maximum absolute atomic E-state index is 12.8. The number of carbonyl (C=O) groups excluding carboxylic acids is 1. The number of hydrogen-bond donors (Lipinski definition) is 5. The van der Waals surface area contributed by atoms with E-state index in [0.29, 0.717) is 86.7 Å². The van der Waals surface area contributed by atoms with Crippen molar-refractivity contribution in [1.82, 2.24) is 34.8 Å². The molecule has 4 saturated heterocycles. The average Bonchev–Trinajstić information content (AvgIpc) is 3.82. The van der Waals surface area contributed by atoms with Crippen LogP contribution in [0, 0.1) is 12.8 Å². The number of anilines is 6. The topological polar surface area (TPSA) is 212 Å². The van der Waals surface area contributed by atoms with Gasteiger partial charge in [-0.25, -0.2) is 24.7 Å². The predicted octanol–water partition coefficient (Wildman–Crippen LogP) is 5.72. The van der Waals surface area contributed by atoms with E-state index >= 15 is 0 Å². The highest BCUT2D eigenvalue weighted by molar-refractivity contribution is 6.32. The molecule has 7 heterocycles. The Morgan fingerprint density at radius 1 is 0.727 bits per heavy atom. The summed E-state index contributed by atoms with van der Waals surface area (Å²) in [6, 6.07) is 11.2. The van der Waals surface area contributed by atoms with E-state index in [1.54, 1.807) is 26.0 Å². The summed E-state index contributed by atoms with van der Waals surface area (Å²) in [5.74, 6) is 3.86. The van der Waals surface area contributed by atoms with Gasteiger partial charge in [0.2, 0.25) is 17.2 Å². The quantitative estimate of drug-likeness (QED) is 0.0848. The molecule has 0 saturated carbocycles. The maximum Gasteiger partial charge on any atom is 0.321 e. The molecule has 5 N–H and O–H groups in total. The third-order valence-corrected chi connectivity index (χ3v) is 11.6. The average molecular weight is 975 g/mol. The van der Waals surface area contributed by atoms with Crippen LogP contribution < -0.4 is 30.7 Å². The molecular weight excluding hydrogens is 913 g/mol. The van der Waals surface area contributed by atoms with Gasteiger partial charge in [0.05, 0.1) is 57.5 Å². The fourth-order valence-electron chi connectivity index (χ4n) is 7.36. The number of carbonyl (C=O) groups is 1. The zero-order valence-electron chi connectivity index (χ0n) is 38.1. The van der Waals surface area contributed by atoms with E-state index in [4.69, 9.17) is 54.0 Å². The van der Waals surface area contributed by atoms with Crippen LogP contribution >= 0.6 is 34.8 Å². The van der Waals surface area contributed by atoms with Crippen molar-refractivity contribution >= 4 is 75.9 Å². The normalized spacial score (nSPS) is 18.3. The third-order valence-electron chi connectivity index (χ3n) is 11.1. The first-order chi connectivity index (χ1) is 31.8. The summed E-state index contributed by atoms with van der Waals surface area (Å²) in [4.78, 5) is 46.9. The zero-order valence-corrected chi connectivity index (χ0v) is 40.3. The molecular formula is C44H62Cl3N13O6. The van der Waals surface area contributed by atoms with Gasteiger partial charge >= 0.3 is 6.03 Å². The SMILES string of the molecule is CC[C@@H]1CCN(C(=O)Nc2ccc(C)c(-c3cc(N4CCOCC4)nc(NC[C@H](C)O)n3)c2)C1.C[C@H](O)CNc1cc(Cl)nc(N2CCOCC2)n1.Clc1cc(N2CCOCC2)nc(Cl)n1. The van der Waals surface area contributed by atoms with Gasteiger partial charge in [-0.1, -0.05) is 42.6 Å². The second-order valence-corrected chi connectivity index (χ2v) is 17.5. The van der Waals surface area contributed by atoms with Crippen LogP contribution in [-0.4, -0.2) is 168 Å². The first-order valence-electron chi connectivity index (χ1n) is 22.5. The van der Waals surface area contributed by atoms with Crippen molar-refractivity contribution in [1.29, 1.82) is 0 Å². The first kappa shape index (κ1) is 50.8. The standard InChI is InChI=1S/C25H36N6O3.C11H17ClN4O2.C8H9Cl2N3O/c1-4-19-7-8-31(16-19)25(33)27-20-6-5-17(2)21(13-20)22-14-23(30-9-11-34-12-10-30)29-24(28-22)26-15-18(3)32;1-8(17)7-13-10-6-9(12)14-11(15-10)16-2-4-18-5-3-16;9-6-5-7(12-8(10)11-6)13-1-3-14-4-2-13/h5-6,13-14,18-19,32H,4,7-12,15-16H2,1-3H3,(H,27,33)(H,26,28,29);6,8,17H,2-5,7H2,1H3,(H,13,14,15);5H,1-4H2/t18-,19+;8-;/m00./s1. The number of nitrogens with one attached hydrogen (secondary N) is 3. The summed E-state index contributed by atoms with van der Waals surface area (Å²) in [5, 5.41) is 29.1. The lowest BCUT2D eigenvalue weighted by molar-refractivity contribution is 0.122. The molecule has 19 nitrogen and oxygen atoms in total. The smallest absolute Gasteiger partial charge is 0.321 e. The van der Waals surface area contributed by atoms with Crippen molar-refractivity contribution in [3.05, 3.63) is 57.6 Å². The van der Waals surface area contributed by atoms with Crippen molar-refractivity contribution < 1.29 is 29.2 Å². The number of rotatable bonds is 12. The number of nitrogens with zero attached hydrogens (tertiary/aromatic N) is 10. The van der Waals surface area contributed by atoms with Gasteiger partial charge in [0.1, 0.15) is 27.8 Å². The number of benzene rings is 1. The molecule has 22 heteroatoms. The molecule has 3 aromatic heterocycles. The summed E-state index contributed by atoms with van der Waals surface area (Å²) in [7, 11) is 0. The molecule has 4 fully saturated rings. The Bertz CT molecular complexity index is 2140. The van der Waals surface area contributed by atoms with Crippen LogP contribution in [0.25, 0.3) is 11.3 Å². The number of morpholine rings is 3. The monoisotopic (exact) mass is 973 g/mol. The van der Waals surface area contributed by atoms with Crippen molar-refractivity contribution in [2.45, 2.75) is 52.7 Å². The molecule has 66 heavy (non-hydrogen) atoms. The van der Waals surface area contributed by atoms with Gasteiger partial charge in [0, 0.05) is 94.9 Å². The van der Waals surface area contributed by atoms with E-state index < -0.39 is 12.2 Å². The number of ether oxygens (including phenoxy) is 3. The van der Waals surface area contributed by atoms with Crippen LogP contribution in [0.5, 0.6) is 0 Å². The van der Waals surface area contributed by atoms with Crippen LogP contribution in [0.3, 0.4) is 0 Å². The minimum Gasteiger partial charge on any atom is -0.392 e. The van der Waals surface area contributed by atoms with Gasteiger partial charge in [0.25, 0.3) is 0 Å². The maximum atomic E-state index is 12.8. The predicted molar refractivity (Wildman–Crippen MR) is 260 cm³/mol. The number of halogens is 3. The highest BCUT2D eigenvalue weighted by Gasteiger charge is 2.25. The fraction of sp³-hybridized carbons (Fsp3) is 0.568. The molecule has 4 aliphatic rings. The van der Waals surface area contributed by atoms with Crippen molar-refractivity contribution in [3.63, 3.8) is 0 Å². The Morgan fingerprint density at radius 2 is 1.32 bits per heavy atom. The van der Waals surface area contributed by atoms with E-state index in [1.807, 2.05) is 41.0 Å². The van der Waals surface area contributed by atoms with Gasteiger partial charge in [-0.3, -0.25) is 0 Å². The number of hydrogen-bond acceptors (Lipinski definition) is 17. The number of aliphatic hydroxyl groups is 2. The first-order valence-corrected chi connectivity index (χ1v) is 23.6. The molecule has 0 spiro atoms.